The van der Waals surface area contributed by atoms with Crippen LogP contribution >= 0.6 is 11.8 Å². The van der Waals surface area contributed by atoms with Crippen molar-refractivity contribution in [3.63, 3.8) is 0 Å². The van der Waals surface area contributed by atoms with Gasteiger partial charge in [-0.2, -0.15) is 11.8 Å². The first kappa shape index (κ1) is 14.8. The molecule has 0 aliphatic rings. The van der Waals surface area contributed by atoms with Crippen LogP contribution in [0.5, 0.6) is 5.75 Å². The fraction of sp³-hybridized carbons (Fsp3) is 0.500. The Morgan fingerprint density at radius 2 is 2.28 bits per heavy atom. The Balaban J connectivity index is 2.67. The molecule has 0 aromatic heterocycles. The van der Waals surface area contributed by atoms with E-state index < -0.39 is 4.92 Å². The molecule has 1 aromatic carbocycles. The number of rotatable bonds is 7. The van der Waals surface area contributed by atoms with Gasteiger partial charge < -0.3 is 10.1 Å². The van der Waals surface area contributed by atoms with Crippen molar-refractivity contribution in [2.75, 3.05) is 19.9 Å². The van der Waals surface area contributed by atoms with Gasteiger partial charge in [0, 0.05) is 24.4 Å². The van der Waals surface area contributed by atoms with Crippen molar-refractivity contribution < 1.29 is 9.66 Å². The van der Waals surface area contributed by atoms with E-state index in [1.54, 1.807) is 23.9 Å². The van der Waals surface area contributed by atoms with Gasteiger partial charge in [-0.05, 0) is 17.9 Å². The lowest BCUT2D eigenvalue weighted by Crippen LogP contribution is -2.22. The lowest BCUT2D eigenvalue weighted by molar-refractivity contribution is -0.385. The predicted molar refractivity (Wildman–Crippen MR) is 74.3 cm³/mol. The molecule has 0 radical (unpaired) electrons. The summed E-state index contributed by atoms with van der Waals surface area (Å²) in [7, 11) is 1.43. The Bertz CT molecular complexity index is 412. The lowest BCUT2D eigenvalue weighted by Gasteiger charge is -2.10. The summed E-state index contributed by atoms with van der Waals surface area (Å²) in [6, 6.07) is 5.02. The van der Waals surface area contributed by atoms with Crippen molar-refractivity contribution in [2.45, 2.75) is 18.7 Å². The van der Waals surface area contributed by atoms with Gasteiger partial charge in [0.1, 0.15) is 0 Å². The van der Waals surface area contributed by atoms with E-state index in [-0.39, 0.29) is 5.69 Å². The summed E-state index contributed by atoms with van der Waals surface area (Å²) in [5, 5.41) is 14.7. The first-order valence-electron chi connectivity index (χ1n) is 5.63. The van der Waals surface area contributed by atoms with E-state index in [1.807, 2.05) is 6.07 Å². The van der Waals surface area contributed by atoms with Crippen LogP contribution in [0.1, 0.15) is 12.5 Å². The van der Waals surface area contributed by atoms with Crippen LogP contribution in [0, 0.1) is 10.1 Å². The quantitative estimate of drug-likeness (QED) is 0.609. The molecule has 0 amide bonds. The Labute approximate surface area is 111 Å². The molecule has 0 aliphatic carbocycles. The van der Waals surface area contributed by atoms with Gasteiger partial charge >= 0.3 is 5.69 Å². The van der Waals surface area contributed by atoms with E-state index in [0.717, 1.165) is 12.1 Å². The minimum atomic E-state index is -0.424. The molecular formula is C12H18N2O3S. The third-order valence-electron chi connectivity index (χ3n) is 2.60. The van der Waals surface area contributed by atoms with Crippen LogP contribution in [-0.2, 0) is 6.54 Å². The Hall–Kier alpha value is -1.27. The molecule has 1 rings (SSSR count). The maximum atomic E-state index is 10.9. The summed E-state index contributed by atoms with van der Waals surface area (Å²) in [5.41, 5.74) is 0.894. The number of ether oxygens (including phenoxy) is 1. The third-order valence-corrected chi connectivity index (χ3v) is 3.57. The topological polar surface area (TPSA) is 64.4 Å². The molecule has 0 aliphatic heterocycles. The number of benzene rings is 1. The van der Waals surface area contributed by atoms with Crippen LogP contribution in [0.4, 0.5) is 5.69 Å². The van der Waals surface area contributed by atoms with Crippen molar-refractivity contribution in [2.24, 2.45) is 0 Å². The molecule has 1 N–H and O–H groups in total. The average Bonchev–Trinajstić information content (AvgIpc) is 2.38. The molecule has 1 unspecified atom stereocenters. The van der Waals surface area contributed by atoms with Crippen molar-refractivity contribution >= 4 is 17.4 Å². The van der Waals surface area contributed by atoms with Crippen LogP contribution in [0.2, 0.25) is 0 Å². The van der Waals surface area contributed by atoms with Crippen LogP contribution in [-0.4, -0.2) is 30.1 Å². The summed E-state index contributed by atoms with van der Waals surface area (Å²) in [5.74, 6) is 0.293. The molecule has 0 fully saturated rings. The highest BCUT2D eigenvalue weighted by atomic mass is 32.2. The monoisotopic (exact) mass is 270 g/mol. The zero-order valence-corrected chi connectivity index (χ0v) is 11.6. The first-order chi connectivity index (χ1) is 8.58. The van der Waals surface area contributed by atoms with Gasteiger partial charge in [0.25, 0.3) is 0 Å². The van der Waals surface area contributed by atoms with Gasteiger partial charge in [0.2, 0.25) is 0 Å². The van der Waals surface area contributed by atoms with E-state index in [2.05, 4.69) is 18.5 Å². The first-order valence-corrected chi connectivity index (χ1v) is 6.92. The molecule has 0 bridgehead atoms. The Morgan fingerprint density at radius 3 is 2.83 bits per heavy atom. The molecule has 0 heterocycles. The van der Waals surface area contributed by atoms with Gasteiger partial charge in [0.15, 0.2) is 5.75 Å². The van der Waals surface area contributed by atoms with Crippen molar-refractivity contribution in [1.82, 2.24) is 5.32 Å². The maximum Gasteiger partial charge on any atom is 0.311 e. The zero-order chi connectivity index (χ0) is 13.5. The van der Waals surface area contributed by atoms with E-state index in [1.165, 1.54) is 7.11 Å². The molecule has 0 spiro atoms. The molecule has 0 saturated heterocycles. The number of hydrogen-bond donors (Lipinski definition) is 1. The second-order valence-corrected chi connectivity index (χ2v) is 5.22. The smallest absolute Gasteiger partial charge is 0.311 e. The molecule has 6 heteroatoms. The minimum Gasteiger partial charge on any atom is -0.490 e. The van der Waals surface area contributed by atoms with Crippen molar-refractivity contribution in [3.8, 4) is 5.75 Å². The molecule has 18 heavy (non-hydrogen) atoms. The van der Waals surface area contributed by atoms with Crippen molar-refractivity contribution in [3.05, 3.63) is 33.9 Å². The minimum absolute atomic E-state index is 0.00900. The lowest BCUT2D eigenvalue weighted by atomic mass is 10.2. The fourth-order valence-corrected chi connectivity index (χ4v) is 1.78. The van der Waals surface area contributed by atoms with Crippen LogP contribution < -0.4 is 10.1 Å². The third kappa shape index (κ3) is 4.19. The highest BCUT2D eigenvalue weighted by molar-refractivity contribution is 7.99. The average molecular weight is 270 g/mol. The van der Waals surface area contributed by atoms with Crippen molar-refractivity contribution in [1.29, 1.82) is 0 Å². The summed E-state index contributed by atoms with van der Waals surface area (Å²) in [6.07, 6.45) is 2.06. The number of nitro benzene ring substituents is 1. The zero-order valence-electron chi connectivity index (χ0n) is 10.8. The van der Waals surface area contributed by atoms with Crippen LogP contribution in [0.15, 0.2) is 18.2 Å². The SMILES string of the molecule is COc1ccc(CNCC(C)SC)cc1[N+](=O)[O-]. The molecular weight excluding hydrogens is 252 g/mol. The molecule has 1 atom stereocenters. The summed E-state index contributed by atoms with van der Waals surface area (Å²) in [4.78, 5) is 10.4. The molecule has 5 nitrogen and oxygen atoms in total. The number of hydrogen-bond acceptors (Lipinski definition) is 5. The largest absolute Gasteiger partial charge is 0.490 e. The van der Waals surface area contributed by atoms with E-state index in [9.17, 15) is 10.1 Å². The highest BCUT2D eigenvalue weighted by Gasteiger charge is 2.14. The van der Waals surface area contributed by atoms with Gasteiger partial charge in [-0.1, -0.05) is 13.0 Å². The van der Waals surface area contributed by atoms with E-state index in [4.69, 9.17) is 4.74 Å². The Morgan fingerprint density at radius 1 is 1.56 bits per heavy atom. The molecule has 0 saturated carbocycles. The van der Waals surface area contributed by atoms with Gasteiger partial charge in [-0.15, -0.1) is 0 Å². The number of thioether (sulfide) groups is 1. The summed E-state index contributed by atoms with van der Waals surface area (Å²) in [6.45, 7) is 3.63. The van der Waals surface area contributed by atoms with Gasteiger partial charge in [0.05, 0.1) is 12.0 Å². The van der Waals surface area contributed by atoms with Gasteiger partial charge in [-0.3, -0.25) is 10.1 Å². The normalized spacial score (nSPS) is 12.2. The summed E-state index contributed by atoms with van der Waals surface area (Å²) < 4.78 is 4.96. The summed E-state index contributed by atoms with van der Waals surface area (Å²) >= 11 is 1.78. The van der Waals surface area contributed by atoms with E-state index >= 15 is 0 Å². The number of nitrogens with one attached hydrogen (secondary N) is 1. The van der Waals surface area contributed by atoms with E-state index in [0.29, 0.717) is 17.5 Å². The van der Waals surface area contributed by atoms with Gasteiger partial charge in [-0.25, -0.2) is 0 Å². The second kappa shape index (κ2) is 7.23. The second-order valence-electron chi connectivity index (χ2n) is 3.94. The number of nitrogens with zero attached hydrogens (tertiary/aromatic N) is 1. The molecule has 1 aromatic rings. The van der Waals surface area contributed by atoms with Crippen LogP contribution in [0.25, 0.3) is 0 Å². The number of methoxy groups -OCH3 is 1. The standard InChI is InChI=1S/C12H18N2O3S/c1-9(18-3)7-13-8-10-4-5-12(17-2)11(6-10)14(15)16/h4-6,9,13H,7-8H2,1-3H3. The maximum absolute atomic E-state index is 10.9. The highest BCUT2D eigenvalue weighted by Crippen LogP contribution is 2.27. The van der Waals surface area contributed by atoms with Crippen LogP contribution in [0.3, 0.4) is 0 Å². The number of nitro groups is 1. The predicted octanol–water partition coefficient (Wildman–Crippen LogP) is 2.44. The Kier molecular flexibility index (Phi) is 5.94. The molecule has 100 valence electrons. The fourth-order valence-electron chi connectivity index (χ4n) is 1.49.